The van der Waals surface area contributed by atoms with Crippen LogP contribution >= 0.6 is 0 Å². The molecule has 0 amide bonds. The molecule has 0 saturated carbocycles. The van der Waals surface area contributed by atoms with E-state index in [1.54, 1.807) is 0 Å². The summed E-state index contributed by atoms with van der Waals surface area (Å²) in [5.74, 6) is 0. The molecule has 0 heterocycles. The number of hydrogen-bond donors (Lipinski definition) is 2. The van der Waals surface area contributed by atoms with Crippen molar-refractivity contribution in [2.24, 2.45) is 10.8 Å². The molecule has 0 aromatic rings. The Morgan fingerprint density at radius 3 is 0.875 bits per heavy atom. The lowest BCUT2D eigenvalue weighted by atomic mass is 9.56. The SMILES string of the molecule is CCC(O)(C(C)(C)C)C(O)(CC)C(C)(C)C. The fourth-order valence-corrected chi connectivity index (χ4v) is 2.89. The largest absolute Gasteiger partial charge is 0.386 e. The highest BCUT2D eigenvalue weighted by Gasteiger charge is 2.59. The Morgan fingerprint density at radius 1 is 0.625 bits per heavy atom. The van der Waals surface area contributed by atoms with Gasteiger partial charge >= 0.3 is 0 Å². The van der Waals surface area contributed by atoms with Crippen LogP contribution in [0.4, 0.5) is 0 Å². The van der Waals surface area contributed by atoms with Crippen LogP contribution in [0.5, 0.6) is 0 Å². The summed E-state index contributed by atoms with van der Waals surface area (Å²) < 4.78 is 0. The van der Waals surface area contributed by atoms with Crippen LogP contribution in [0, 0.1) is 10.8 Å². The lowest BCUT2D eigenvalue weighted by Crippen LogP contribution is -2.66. The fraction of sp³-hybridized carbons (Fsp3) is 1.00. The van der Waals surface area contributed by atoms with Crippen molar-refractivity contribution in [2.45, 2.75) is 79.4 Å². The average molecular weight is 230 g/mol. The van der Waals surface area contributed by atoms with Crippen molar-refractivity contribution < 1.29 is 10.2 Å². The smallest absolute Gasteiger partial charge is 0.0983 e. The zero-order valence-electron chi connectivity index (χ0n) is 12.3. The summed E-state index contributed by atoms with van der Waals surface area (Å²) in [6, 6.07) is 0. The van der Waals surface area contributed by atoms with Crippen LogP contribution in [-0.4, -0.2) is 21.4 Å². The second-order valence-corrected chi connectivity index (χ2v) is 6.93. The second kappa shape index (κ2) is 4.30. The monoisotopic (exact) mass is 230 g/mol. The highest BCUT2D eigenvalue weighted by molar-refractivity contribution is 5.10. The first-order valence-corrected chi connectivity index (χ1v) is 6.32. The molecule has 0 radical (unpaired) electrons. The molecule has 0 aliphatic carbocycles. The number of hydrogen-bond acceptors (Lipinski definition) is 2. The minimum Gasteiger partial charge on any atom is -0.386 e. The van der Waals surface area contributed by atoms with Gasteiger partial charge in [0.2, 0.25) is 0 Å². The molecule has 16 heavy (non-hydrogen) atoms. The van der Waals surface area contributed by atoms with Crippen molar-refractivity contribution in [3.05, 3.63) is 0 Å². The lowest BCUT2D eigenvalue weighted by molar-refractivity contribution is -0.247. The molecule has 2 nitrogen and oxygen atoms in total. The molecule has 0 saturated heterocycles. The van der Waals surface area contributed by atoms with Crippen molar-refractivity contribution in [1.29, 1.82) is 0 Å². The molecule has 0 rings (SSSR count). The Bertz CT molecular complexity index is 208. The molecule has 0 aliphatic rings. The Labute approximate surface area is 101 Å². The highest BCUT2D eigenvalue weighted by Crippen LogP contribution is 2.50. The van der Waals surface area contributed by atoms with Crippen LogP contribution in [0.1, 0.15) is 68.2 Å². The predicted molar refractivity (Wildman–Crippen MR) is 69.4 cm³/mol. The molecule has 0 aliphatic heterocycles. The van der Waals surface area contributed by atoms with Crippen LogP contribution in [0.15, 0.2) is 0 Å². The van der Waals surface area contributed by atoms with Crippen LogP contribution < -0.4 is 0 Å². The Morgan fingerprint density at radius 2 is 0.812 bits per heavy atom. The van der Waals surface area contributed by atoms with E-state index < -0.39 is 11.2 Å². The molecule has 0 fully saturated rings. The number of aliphatic hydroxyl groups is 2. The van der Waals surface area contributed by atoms with Crippen LogP contribution in [-0.2, 0) is 0 Å². The van der Waals surface area contributed by atoms with Crippen molar-refractivity contribution in [3.8, 4) is 0 Å². The van der Waals surface area contributed by atoms with E-state index in [4.69, 9.17) is 0 Å². The lowest BCUT2D eigenvalue weighted by Gasteiger charge is -2.56. The molecule has 2 heteroatoms. The third kappa shape index (κ3) is 2.14. The summed E-state index contributed by atoms with van der Waals surface area (Å²) >= 11 is 0. The third-order valence-electron chi connectivity index (χ3n) is 4.19. The van der Waals surface area contributed by atoms with E-state index in [1.165, 1.54) is 0 Å². The first-order valence-electron chi connectivity index (χ1n) is 6.32. The maximum Gasteiger partial charge on any atom is 0.0983 e. The van der Waals surface area contributed by atoms with Crippen molar-refractivity contribution in [3.63, 3.8) is 0 Å². The molecular formula is C14H30O2. The zero-order valence-corrected chi connectivity index (χ0v) is 12.3. The van der Waals surface area contributed by atoms with E-state index >= 15 is 0 Å². The first-order chi connectivity index (χ1) is 6.87. The molecule has 0 bridgehead atoms. The minimum atomic E-state index is -1.08. The van der Waals surface area contributed by atoms with E-state index in [-0.39, 0.29) is 10.8 Å². The molecule has 98 valence electrons. The standard InChI is InChI=1S/C14H30O2/c1-9-13(15,11(3,4)5)14(16,10-2)12(6,7)8/h15-16H,9-10H2,1-8H3. The zero-order chi connectivity index (χ0) is 13.4. The molecule has 0 spiro atoms. The van der Waals surface area contributed by atoms with E-state index in [9.17, 15) is 10.2 Å². The van der Waals surface area contributed by atoms with Crippen molar-refractivity contribution in [2.75, 3.05) is 0 Å². The normalized spacial score (nSPS) is 21.4. The van der Waals surface area contributed by atoms with Gasteiger partial charge in [-0.05, 0) is 23.7 Å². The van der Waals surface area contributed by atoms with E-state index in [2.05, 4.69) is 0 Å². The van der Waals surface area contributed by atoms with Gasteiger partial charge in [-0.25, -0.2) is 0 Å². The minimum absolute atomic E-state index is 0.347. The molecule has 2 N–H and O–H groups in total. The summed E-state index contributed by atoms with van der Waals surface area (Å²) in [4.78, 5) is 0. The molecule has 2 unspecified atom stereocenters. The van der Waals surface area contributed by atoms with Gasteiger partial charge in [-0.2, -0.15) is 0 Å². The summed E-state index contributed by atoms with van der Waals surface area (Å²) in [5, 5.41) is 21.9. The predicted octanol–water partition coefficient (Wildman–Crippen LogP) is 3.36. The van der Waals surface area contributed by atoms with Crippen molar-refractivity contribution >= 4 is 0 Å². The maximum atomic E-state index is 11.0. The number of rotatable bonds is 3. The molecule has 2 atom stereocenters. The van der Waals surface area contributed by atoms with Gasteiger partial charge in [-0.3, -0.25) is 0 Å². The van der Waals surface area contributed by atoms with Crippen LogP contribution in [0.2, 0.25) is 0 Å². The summed E-state index contributed by atoms with van der Waals surface area (Å²) in [6.07, 6.45) is 1.11. The van der Waals surface area contributed by atoms with E-state index in [0.29, 0.717) is 12.8 Å². The van der Waals surface area contributed by atoms with Gasteiger partial charge in [0.25, 0.3) is 0 Å². The fourth-order valence-electron chi connectivity index (χ4n) is 2.89. The summed E-state index contributed by atoms with van der Waals surface area (Å²) in [6.45, 7) is 15.8. The first kappa shape index (κ1) is 15.9. The van der Waals surface area contributed by atoms with Gasteiger partial charge in [0, 0.05) is 0 Å². The average Bonchev–Trinajstić information content (AvgIpc) is 2.11. The van der Waals surface area contributed by atoms with Gasteiger partial charge in [0.05, 0.1) is 11.2 Å². The quantitative estimate of drug-likeness (QED) is 0.780. The summed E-state index contributed by atoms with van der Waals surface area (Å²) in [7, 11) is 0. The molecule has 0 aromatic carbocycles. The van der Waals surface area contributed by atoms with Crippen molar-refractivity contribution in [1.82, 2.24) is 0 Å². The third-order valence-corrected chi connectivity index (χ3v) is 4.19. The summed E-state index contributed by atoms with van der Waals surface area (Å²) in [5.41, 5.74) is -2.85. The Hall–Kier alpha value is -0.0800. The Kier molecular flexibility index (Phi) is 4.28. The van der Waals surface area contributed by atoms with Gasteiger partial charge in [-0.1, -0.05) is 55.4 Å². The maximum absolute atomic E-state index is 11.0. The Balaban J connectivity index is 5.70. The molecular weight excluding hydrogens is 200 g/mol. The van der Waals surface area contributed by atoms with Gasteiger partial charge in [0.1, 0.15) is 0 Å². The second-order valence-electron chi connectivity index (χ2n) is 6.93. The van der Waals surface area contributed by atoms with Gasteiger partial charge < -0.3 is 10.2 Å². The van der Waals surface area contributed by atoms with E-state index in [1.807, 2.05) is 55.4 Å². The highest BCUT2D eigenvalue weighted by atomic mass is 16.4. The van der Waals surface area contributed by atoms with Gasteiger partial charge in [-0.15, -0.1) is 0 Å². The van der Waals surface area contributed by atoms with Crippen LogP contribution in [0.25, 0.3) is 0 Å². The molecule has 0 aromatic heterocycles. The van der Waals surface area contributed by atoms with E-state index in [0.717, 1.165) is 0 Å². The van der Waals surface area contributed by atoms with Gasteiger partial charge in [0.15, 0.2) is 0 Å². The topological polar surface area (TPSA) is 40.5 Å². The van der Waals surface area contributed by atoms with Crippen LogP contribution in [0.3, 0.4) is 0 Å².